The number of hydrogen-bond acceptors (Lipinski definition) is 3. The standard InChI is InChI=1S/C18H23NO4/c20-17(19-15-7-5-14(9-15)18(21)22)11-23-16-8-6-12-3-1-2-4-13(12)10-16/h6,8,10,14-15H,1-5,7,9,11H2,(H,19,20)(H,21,22)/t14-,15+/m0/s1. The molecular weight excluding hydrogens is 294 g/mol. The first-order valence-electron chi connectivity index (χ1n) is 8.38. The van der Waals surface area contributed by atoms with E-state index in [0.29, 0.717) is 12.8 Å². The minimum Gasteiger partial charge on any atom is -0.484 e. The molecular formula is C18H23NO4. The summed E-state index contributed by atoms with van der Waals surface area (Å²) in [6.07, 6.45) is 6.53. The molecule has 0 unspecified atom stereocenters. The van der Waals surface area contributed by atoms with Crippen LogP contribution in [0.2, 0.25) is 0 Å². The van der Waals surface area contributed by atoms with Crippen molar-refractivity contribution in [3.05, 3.63) is 29.3 Å². The van der Waals surface area contributed by atoms with E-state index < -0.39 is 5.97 Å². The van der Waals surface area contributed by atoms with E-state index in [0.717, 1.165) is 25.0 Å². The number of carbonyl (C=O) groups is 2. The first kappa shape index (κ1) is 15.8. The van der Waals surface area contributed by atoms with Crippen molar-refractivity contribution in [2.45, 2.75) is 51.0 Å². The minimum atomic E-state index is -0.771. The SMILES string of the molecule is O=C(COc1ccc2c(c1)CCCC2)N[C@@H]1CC[C@H](C(=O)O)C1. The Morgan fingerprint density at radius 2 is 1.96 bits per heavy atom. The van der Waals surface area contributed by atoms with Crippen LogP contribution in [0.1, 0.15) is 43.2 Å². The zero-order valence-corrected chi connectivity index (χ0v) is 13.2. The number of carboxylic acids is 1. The van der Waals surface area contributed by atoms with E-state index in [1.165, 1.54) is 24.0 Å². The van der Waals surface area contributed by atoms with Crippen LogP contribution in [0.3, 0.4) is 0 Å². The van der Waals surface area contributed by atoms with Crippen LogP contribution in [0.4, 0.5) is 0 Å². The molecule has 2 atom stereocenters. The van der Waals surface area contributed by atoms with Crippen molar-refractivity contribution in [2.75, 3.05) is 6.61 Å². The second-order valence-electron chi connectivity index (χ2n) is 6.54. The molecule has 23 heavy (non-hydrogen) atoms. The maximum absolute atomic E-state index is 12.0. The molecule has 0 saturated heterocycles. The summed E-state index contributed by atoms with van der Waals surface area (Å²) in [6, 6.07) is 6.01. The molecule has 2 N–H and O–H groups in total. The van der Waals surface area contributed by atoms with Crippen LogP contribution in [0.25, 0.3) is 0 Å². The van der Waals surface area contributed by atoms with Gasteiger partial charge in [-0.2, -0.15) is 0 Å². The third-order valence-electron chi connectivity index (χ3n) is 4.84. The molecule has 1 amide bonds. The number of amides is 1. The molecule has 1 aromatic carbocycles. The van der Waals surface area contributed by atoms with Crippen LogP contribution in [0, 0.1) is 5.92 Å². The van der Waals surface area contributed by atoms with Crippen molar-refractivity contribution >= 4 is 11.9 Å². The predicted molar refractivity (Wildman–Crippen MR) is 85.5 cm³/mol. The summed E-state index contributed by atoms with van der Waals surface area (Å²) >= 11 is 0. The van der Waals surface area contributed by atoms with Gasteiger partial charge in [0.25, 0.3) is 5.91 Å². The molecule has 2 aliphatic carbocycles. The van der Waals surface area contributed by atoms with E-state index >= 15 is 0 Å². The fraction of sp³-hybridized carbons (Fsp3) is 0.556. The van der Waals surface area contributed by atoms with E-state index in [1.54, 1.807) is 0 Å². The lowest BCUT2D eigenvalue weighted by atomic mass is 9.92. The van der Waals surface area contributed by atoms with Crippen molar-refractivity contribution in [2.24, 2.45) is 5.92 Å². The number of rotatable bonds is 5. The summed E-state index contributed by atoms with van der Waals surface area (Å²) in [7, 11) is 0. The predicted octanol–water partition coefficient (Wildman–Crippen LogP) is 2.31. The quantitative estimate of drug-likeness (QED) is 0.874. The highest BCUT2D eigenvalue weighted by atomic mass is 16.5. The van der Waals surface area contributed by atoms with Gasteiger partial charge in [0.1, 0.15) is 5.75 Å². The highest BCUT2D eigenvalue weighted by Gasteiger charge is 2.30. The lowest BCUT2D eigenvalue weighted by molar-refractivity contribution is -0.141. The molecule has 0 spiro atoms. The topological polar surface area (TPSA) is 75.6 Å². The summed E-state index contributed by atoms with van der Waals surface area (Å²) < 4.78 is 5.59. The van der Waals surface area contributed by atoms with E-state index in [9.17, 15) is 9.59 Å². The number of benzene rings is 1. The normalized spacial score (nSPS) is 23.1. The monoisotopic (exact) mass is 317 g/mol. The lowest BCUT2D eigenvalue weighted by Crippen LogP contribution is -2.36. The van der Waals surface area contributed by atoms with Crippen molar-refractivity contribution in [1.29, 1.82) is 0 Å². The largest absolute Gasteiger partial charge is 0.484 e. The molecule has 1 fully saturated rings. The van der Waals surface area contributed by atoms with Crippen LogP contribution >= 0.6 is 0 Å². The van der Waals surface area contributed by atoms with E-state index in [1.807, 2.05) is 12.1 Å². The first-order valence-corrected chi connectivity index (χ1v) is 8.38. The fourth-order valence-electron chi connectivity index (χ4n) is 3.55. The maximum Gasteiger partial charge on any atom is 0.306 e. The van der Waals surface area contributed by atoms with Gasteiger partial charge in [0.05, 0.1) is 5.92 Å². The Morgan fingerprint density at radius 3 is 2.70 bits per heavy atom. The second kappa shape index (κ2) is 7.02. The zero-order valence-electron chi connectivity index (χ0n) is 13.2. The second-order valence-corrected chi connectivity index (χ2v) is 6.54. The molecule has 0 bridgehead atoms. The van der Waals surface area contributed by atoms with Crippen LogP contribution in [0.5, 0.6) is 5.75 Å². The number of ether oxygens (including phenoxy) is 1. The Balaban J connectivity index is 1.47. The van der Waals surface area contributed by atoms with Gasteiger partial charge in [0, 0.05) is 6.04 Å². The number of carboxylic acid groups (broad SMARTS) is 1. The van der Waals surface area contributed by atoms with Crippen LogP contribution in [-0.4, -0.2) is 29.6 Å². The van der Waals surface area contributed by atoms with Gasteiger partial charge < -0.3 is 15.2 Å². The molecule has 0 aromatic heterocycles. The average molecular weight is 317 g/mol. The Bertz CT molecular complexity index is 599. The van der Waals surface area contributed by atoms with Gasteiger partial charge in [0.2, 0.25) is 0 Å². The number of fused-ring (bicyclic) bond motifs is 1. The molecule has 0 radical (unpaired) electrons. The van der Waals surface area contributed by atoms with Gasteiger partial charge in [0.15, 0.2) is 6.61 Å². The Kier molecular flexibility index (Phi) is 4.84. The van der Waals surface area contributed by atoms with Crippen molar-refractivity contribution in [3.8, 4) is 5.75 Å². The van der Waals surface area contributed by atoms with Crippen molar-refractivity contribution in [3.63, 3.8) is 0 Å². The summed E-state index contributed by atoms with van der Waals surface area (Å²) in [5, 5.41) is 11.8. The van der Waals surface area contributed by atoms with Crippen LogP contribution in [0.15, 0.2) is 18.2 Å². The zero-order chi connectivity index (χ0) is 16.2. The molecule has 5 heteroatoms. The number of carbonyl (C=O) groups excluding carboxylic acids is 1. The third kappa shape index (κ3) is 4.03. The minimum absolute atomic E-state index is 0.0208. The highest BCUT2D eigenvalue weighted by molar-refractivity contribution is 5.78. The molecule has 0 aliphatic heterocycles. The van der Waals surface area contributed by atoms with Gasteiger partial charge in [-0.1, -0.05) is 6.07 Å². The fourth-order valence-corrected chi connectivity index (χ4v) is 3.55. The van der Waals surface area contributed by atoms with Gasteiger partial charge in [-0.15, -0.1) is 0 Å². The molecule has 124 valence electrons. The molecule has 1 aromatic rings. The van der Waals surface area contributed by atoms with Crippen molar-refractivity contribution < 1.29 is 19.4 Å². The number of nitrogens with one attached hydrogen (secondary N) is 1. The first-order chi connectivity index (χ1) is 11.1. The maximum atomic E-state index is 12.0. The number of aliphatic carboxylic acids is 1. The van der Waals surface area contributed by atoms with Gasteiger partial charge in [-0.05, 0) is 68.2 Å². The molecule has 1 saturated carbocycles. The molecule has 5 nitrogen and oxygen atoms in total. The summed E-state index contributed by atoms with van der Waals surface area (Å²) in [5.41, 5.74) is 2.72. The third-order valence-corrected chi connectivity index (χ3v) is 4.84. The molecule has 2 aliphatic rings. The Hall–Kier alpha value is -2.04. The molecule has 3 rings (SSSR count). The molecule has 0 heterocycles. The summed E-state index contributed by atoms with van der Waals surface area (Å²) in [5.74, 6) is -0.552. The van der Waals surface area contributed by atoms with E-state index in [4.69, 9.17) is 9.84 Å². The number of aryl methyl sites for hydroxylation is 2. The summed E-state index contributed by atoms with van der Waals surface area (Å²) in [6.45, 7) is -0.0208. The Labute approximate surface area is 136 Å². The average Bonchev–Trinajstić information content (AvgIpc) is 3.01. The van der Waals surface area contributed by atoms with Crippen LogP contribution < -0.4 is 10.1 Å². The Morgan fingerprint density at radius 1 is 1.17 bits per heavy atom. The van der Waals surface area contributed by atoms with Gasteiger partial charge in [-0.3, -0.25) is 9.59 Å². The van der Waals surface area contributed by atoms with E-state index in [-0.39, 0.29) is 24.5 Å². The van der Waals surface area contributed by atoms with E-state index in [2.05, 4.69) is 11.4 Å². The van der Waals surface area contributed by atoms with Crippen molar-refractivity contribution in [1.82, 2.24) is 5.32 Å². The van der Waals surface area contributed by atoms with Gasteiger partial charge in [-0.25, -0.2) is 0 Å². The van der Waals surface area contributed by atoms with Crippen LogP contribution in [-0.2, 0) is 22.4 Å². The van der Waals surface area contributed by atoms with Gasteiger partial charge >= 0.3 is 5.97 Å². The smallest absolute Gasteiger partial charge is 0.306 e. The number of hydrogen-bond donors (Lipinski definition) is 2. The lowest BCUT2D eigenvalue weighted by Gasteiger charge is -2.17. The summed E-state index contributed by atoms with van der Waals surface area (Å²) in [4.78, 5) is 22.9. The highest BCUT2D eigenvalue weighted by Crippen LogP contribution is 2.26.